The second-order valence-corrected chi connectivity index (χ2v) is 18.7. The molecule has 2 heterocycles. The van der Waals surface area contributed by atoms with Crippen molar-refractivity contribution in [3.8, 4) is 56.3 Å². The van der Waals surface area contributed by atoms with Crippen molar-refractivity contribution in [2.45, 2.75) is 85.5 Å². The zero-order valence-electron chi connectivity index (χ0n) is 35.0. The Bertz CT molecular complexity index is 2800. The summed E-state index contributed by atoms with van der Waals surface area (Å²) in [5.74, 6) is 0.963. The van der Waals surface area contributed by atoms with E-state index in [0.29, 0.717) is 5.82 Å². The van der Waals surface area contributed by atoms with Crippen molar-refractivity contribution in [3.63, 3.8) is 0 Å². The molecule has 286 valence electrons. The van der Waals surface area contributed by atoms with E-state index in [2.05, 4.69) is 201 Å². The molecule has 4 nitrogen and oxygen atoms in total. The van der Waals surface area contributed by atoms with E-state index in [9.17, 15) is 5.11 Å². The zero-order chi connectivity index (χ0) is 40.4. The van der Waals surface area contributed by atoms with Crippen LogP contribution in [-0.4, -0.2) is 19.6 Å². The van der Waals surface area contributed by atoms with Crippen LogP contribution >= 0.6 is 0 Å². The summed E-state index contributed by atoms with van der Waals surface area (Å²) in [5.41, 5.74) is 13.8. The van der Waals surface area contributed by atoms with Crippen LogP contribution in [0.15, 0.2) is 134 Å². The number of aromatic hydroxyl groups is 1. The van der Waals surface area contributed by atoms with Gasteiger partial charge >= 0.3 is 0 Å². The van der Waals surface area contributed by atoms with E-state index >= 15 is 0 Å². The van der Waals surface area contributed by atoms with Crippen molar-refractivity contribution in [2.75, 3.05) is 0 Å². The quantitative estimate of drug-likeness (QED) is 0.191. The van der Waals surface area contributed by atoms with Gasteiger partial charge in [0.25, 0.3) is 0 Å². The zero-order valence-corrected chi connectivity index (χ0v) is 35.0. The van der Waals surface area contributed by atoms with E-state index in [4.69, 9.17) is 9.97 Å². The first-order valence-electron chi connectivity index (χ1n) is 20.1. The first kappa shape index (κ1) is 37.9. The largest absolute Gasteiger partial charge is 0.507 e. The fraction of sp³-hybridized carbons (Fsp3) is 0.245. The molecule has 4 heteroatoms. The number of pyridine rings is 1. The van der Waals surface area contributed by atoms with Crippen LogP contribution in [0.3, 0.4) is 0 Å². The monoisotopic (exact) mass is 747 g/mol. The van der Waals surface area contributed by atoms with E-state index in [-0.39, 0.29) is 22.0 Å². The molecule has 1 N–H and O–H groups in total. The van der Waals surface area contributed by atoms with Gasteiger partial charge in [-0.05, 0) is 92.8 Å². The Kier molecular flexibility index (Phi) is 9.23. The van der Waals surface area contributed by atoms with Gasteiger partial charge in [-0.15, -0.1) is 0 Å². The van der Waals surface area contributed by atoms with Gasteiger partial charge in [0.05, 0.1) is 28.0 Å². The topological polar surface area (TPSA) is 50.9 Å². The number of phenols is 1. The number of para-hydroxylation sites is 1. The molecule has 0 amide bonds. The van der Waals surface area contributed by atoms with E-state index in [1.165, 1.54) is 5.56 Å². The third-order valence-corrected chi connectivity index (χ3v) is 11.2. The number of aryl methyl sites for hydroxylation is 1. The van der Waals surface area contributed by atoms with E-state index in [0.717, 1.165) is 83.3 Å². The molecule has 0 unspecified atom stereocenters. The van der Waals surface area contributed by atoms with Gasteiger partial charge in [-0.2, -0.15) is 0 Å². The number of imidazole rings is 1. The van der Waals surface area contributed by atoms with E-state index < -0.39 is 0 Å². The van der Waals surface area contributed by atoms with Gasteiger partial charge in [-0.1, -0.05) is 153 Å². The van der Waals surface area contributed by atoms with Gasteiger partial charge in [-0.25, -0.2) is 4.98 Å². The van der Waals surface area contributed by atoms with Crippen LogP contribution in [-0.2, 0) is 16.2 Å². The summed E-state index contributed by atoms with van der Waals surface area (Å²) in [4.78, 5) is 10.5. The van der Waals surface area contributed by atoms with Crippen LogP contribution in [0.5, 0.6) is 5.75 Å². The van der Waals surface area contributed by atoms with Crippen LogP contribution < -0.4 is 0 Å². The number of fused-ring (bicyclic) bond motifs is 2. The fourth-order valence-corrected chi connectivity index (χ4v) is 8.04. The molecule has 0 saturated heterocycles. The highest BCUT2D eigenvalue weighted by atomic mass is 16.3. The molecule has 8 aromatic rings. The average Bonchev–Trinajstić information content (AvgIpc) is 3.55. The summed E-state index contributed by atoms with van der Waals surface area (Å²) in [5, 5.41) is 14.7. The summed E-state index contributed by atoms with van der Waals surface area (Å²) < 4.78 is 2.31. The van der Waals surface area contributed by atoms with Crippen molar-refractivity contribution in [2.24, 2.45) is 0 Å². The van der Waals surface area contributed by atoms with E-state index in [1.807, 2.05) is 6.20 Å². The molecule has 57 heavy (non-hydrogen) atoms. The van der Waals surface area contributed by atoms with Crippen molar-refractivity contribution in [1.29, 1.82) is 0 Å². The highest BCUT2D eigenvalue weighted by Crippen LogP contribution is 2.46. The lowest BCUT2D eigenvalue weighted by Crippen LogP contribution is -2.17. The van der Waals surface area contributed by atoms with Gasteiger partial charge in [0.2, 0.25) is 0 Å². The summed E-state index contributed by atoms with van der Waals surface area (Å²) in [6, 6.07) is 45.5. The molecule has 0 saturated carbocycles. The van der Waals surface area contributed by atoms with Crippen molar-refractivity contribution in [1.82, 2.24) is 14.5 Å². The minimum Gasteiger partial charge on any atom is -0.507 e. The van der Waals surface area contributed by atoms with Gasteiger partial charge in [0.15, 0.2) is 0 Å². The van der Waals surface area contributed by atoms with Crippen molar-refractivity contribution >= 4 is 21.8 Å². The molecule has 0 aliphatic rings. The Morgan fingerprint density at radius 1 is 0.544 bits per heavy atom. The third-order valence-electron chi connectivity index (χ3n) is 11.2. The minimum absolute atomic E-state index is 0.00208. The maximum absolute atomic E-state index is 12.5. The summed E-state index contributed by atoms with van der Waals surface area (Å²) in [7, 11) is 0. The Labute approximate surface area is 337 Å². The fourth-order valence-electron chi connectivity index (χ4n) is 8.04. The van der Waals surface area contributed by atoms with Crippen LogP contribution in [0, 0.1) is 6.92 Å². The highest BCUT2D eigenvalue weighted by Gasteiger charge is 2.30. The second kappa shape index (κ2) is 13.9. The smallest absolute Gasteiger partial charge is 0.149 e. The van der Waals surface area contributed by atoms with Gasteiger partial charge in [0.1, 0.15) is 11.6 Å². The molecule has 0 fully saturated rings. The predicted octanol–water partition coefficient (Wildman–Crippen LogP) is 14.1. The molecular weight excluding hydrogens is 695 g/mol. The Morgan fingerprint density at radius 3 is 1.96 bits per heavy atom. The second-order valence-electron chi connectivity index (χ2n) is 18.7. The van der Waals surface area contributed by atoms with Crippen molar-refractivity contribution < 1.29 is 5.11 Å². The Hall–Kier alpha value is -6.00. The van der Waals surface area contributed by atoms with Crippen LogP contribution in [0.25, 0.3) is 72.4 Å². The Morgan fingerprint density at radius 2 is 1.25 bits per heavy atom. The molecule has 0 atom stereocenters. The first-order valence-corrected chi connectivity index (χ1v) is 20.1. The number of hydrogen-bond donors (Lipinski definition) is 1. The molecule has 0 aliphatic heterocycles. The van der Waals surface area contributed by atoms with Crippen LogP contribution in [0.2, 0.25) is 0 Å². The molecule has 0 spiro atoms. The molecular formula is C53H53N3O. The Balaban J connectivity index is 1.50. The highest BCUT2D eigenvalue weighted by molar-refractivity contribution is 6.03. The molecule has 6 aromatic carbocycles. The number of nitrogens with zero attached hydrogens (tertiary/aromatic N) is 3. The lowest BCUT2D eigenvalue weighted by Gasteiger charge is -2.28. The van der Waals surface area contributed by atoms with Crippen molar-refractivity contribution in [3.05, 3.63) is 156 Å². The van der Waals surface area contributed by atoms with E-state index in [1.54, 1.807) is 0 Å². The number of phenolic OH excluding ortho intramolecular Hbond substituents is 1. The maximum atomic E-state index is 12.5. The minimum atomic E-state index is -0.312. The number of benzene rings is 6. The third kappa shape index (κ3) is 7.03. The van der Waals surface area contributed by atoms with Gasteiger partial charge in [0, 0.05) is 33.8 Å². The molecule has 0 radical (unpaired) electrons. The standard InChI is InChI=1S/C53H53N3O/c1-33-27-36(29-37(28-33)45-32-38(25-26-54-45)51(2,3)4)40-21-16-22-46-47(40)55-50(43-30-39(52(5,6)7)31-44(49(43)57)53(8,9)10)56(46)48-41-20-15-14-19-35(41)23-24-42(48)34-17-12-11-13-18-34/h11-32,57H,1-10H3. The van der Waals surface area contributed by atoms with Gasteiger partial charge < -0.3 is 5.11 Å². The lowest BCUT2D eigenvalue weighted by molar-refractivity contribution is 0.446. The maximum Gasteiger partial charge on any atom is 0.149 e. The predicted molar refractivity (Wildman–Crippen MR) is 241 cm³/mol. The molecule has 0 bridgehead atoms. The summed E-state index contributed by atoms with van der Waals surface area (Å²) in [6.07, 6.45) is 1.92. The molecule has 8 rings (SSSR count). The molecule has 2 aromatic heterocycles. The number of aromatic nitrogens is 3. The molecule has 0 aliphatic carbocycles. The lowest BCUT2D eigenvalue weighted by atomic mass is 9.79. The normalized spacial score (nSPS) is 12.5. The summed E-state index contributed by atoms with van der Waals surface area (Å²) in [6.45, 7) is 22.1. The first-order chi connectivity index (χ1) is 27.0. The van der Waals surface area contributed by atoms with Crippen LogP contribution in [0.1, 0.15) is 84.6 Å². The average molecular weight is 748 g/mol. The van der Waals surface area contributed by atoms with Crippen LogP contribution in [0.4, 0.5) is 0 Å². The SMILES string of the molecule is Cc1cc(-c2cc(C(C)(C)C)ccn2)cc(-c2cccc3c2nc(-c2cc(C(C)(C)C)cc(C(C)(C)C)c2O)n3-c2c(-c3ccccc3)ccc3ccccc23)c1. The summed E-state index contributed by atoms with van der Waals surface area (Å²) >= 11 is 0. The number of rotatable bonds is 5. The number of hydrogen-bond acceptors (Lipinski definition) is 3. The van der Waals surface area contributed by atoms with Gasteiger partial charge in [-0.3, -0.25) is 9.55 Å².